The molecule has 0 saturated carbocycles. The number of hydrogen-bond donors (Lipinski definition) is 2. The summed E-state index contributed by atoms with van der Waals surface area (Å²) < 4.78 is 15.4. The zero-order chi connectivity index (χ0) is 18.0. The summed E-state index contributed by atoms with van der Waals surface area (Å²) in [6, 6.07) is 10.6. The van der Waals surface area contributed by atoms with Crippen molar-refractivity contribution in [3.8, 4) is 17.2 Å². The fourth-order valence-electron chi connectivity index (χ4n) is 2.37. The number of amides is 1. The van der Waals surface area contributed by atoms with Crippen LogP contribution in [0.1, 0.15) is 10.4 Å². The SMILES string of the molecule is COc1ccc(NC(=O)c2cc3ccc(O)cc3oc2=O)cc1OC. The lowest BCUT2D eigenvalue weighted by Crippen LogP contribution is -2.20. The first-order chi connectivity index (χ1) is 12.0. The van der Waals surface area contributed by atoms with E-state index in [0.29, 0.717) is 22.6 Å². The average Bonchev–Trinajstić information content (AvgIpc) is 2.60. The van der Waals surface area contributed by atoms with Crippen molar-refractivity contribution in [2.75, 3.05) is 19.5 Å². The number of benzene rings is 2. The quantitative estimate of drug-likeness (QED) is 0.708. The van der Waals surface area contributed by atoms with Gasteiger partial charge in [-0.05, 0) is 30.3 Å². The zero-order valence-corrected chi connectivity index (χ0v) is 13.5. The standard InChI is InChI=1S/C18H15NO6/c1-23-14-6-4-11(8-16(14)24-2)19-17(21)13-7-10-3-5-12(20)9-15(10)25-18(13)22/h3-9,20H,1-2H3,(H,19,21). The number of anilines is 1. The van der Waals surface area contributed by atoms with Crippen LogP contribution in [-0.2, 0) is 0 Å². The third kappa shape index (κ3) is 3.25. The van der Waals surface area contributed by atoms with Gasteiger partial charge < -0.3 is 24.3 Å². The van der Waals surface area contributed by atoms with Crippen molar-refractivity contribution < 1.29 is 23.8 Å². The number of phenolic OH excluding ortho intramolecular Hbond substituents is 1. The van der Waals surface area contributed by atoms with Crippen molar-refractivity contribution in [1.29, 1.82) is 0 Å². The maximum absolute atomic E-state index is 12.4. The van der Waals surface area contributed by atoms with Gasteiger partial charge in [0.1, 0.15) is 16.9 Å². The molecule has 0 aliphatic carbocycles. The van der Waals surface area contributed by atoms with E-state index in [-0.39, 0.29) is 16.9 Å². The molecule has 0 fully saturated rings. The summed E-state index contributed by atoms with van der Waals surface area (Å²) in [5, 5.41) is 12.6. The minimum atomic E-state index is -0.795. The lowest BCUT2D eigenvalue weighted by molar-refractivity contribution is 0.102. The van der Waals surface area contributed by atoms with E-state index < -0.39 is 11.5 Å². The highest BCUT2D eigenvalue weighted by Gasteiger charge is 2.15. The number of carbonyl (C=O) groups excluding carboxylic acids is 1. The Labute approximate surface area is 142 Å². The Kier molecular flexibility index (Phi) is 4.30. The van der Waals surface area contributed by atoms with Crippen LogP contribution in [0, 0.1) is 0 Å². The first-order valence-electron chi connectivity index (χ1n) is 7.32. The summed E-state index contributed by atoms with van der Waals surface area (Å²) in [4.78, 5) is 24.5. The molecular formula is C18H15NO6. The van der Waals surface area contributed by atoms with Gasteiger partial charge in [-0.25, -0.2) is 4.79 Å². The molecule has 3 rings (SSSR count). The summed E-state index contributed by atoms with van der Waals surface area (Å²) in [6.07, 6.45) is 0. The minimum Gasteiger partial charge on any atom is -0.508 e. The van der Waals surface area contributed by atoms with Crippen LogP contribution < -0.4 is 20.4 Å². The smallest absolute Gasteiger partial charge is 0.349 e. The molecule has 2 aromatic carbocycles. The number of nitrogens with one attached hydrogen (secondary N) is 1. The van der Waals surface area contributed by atoms with E-state index in [2.05, 4.69) is 5.32 Å². The zero-order valence-electron chi connectivity index (χ0n) is 13.5. The normalized spacial score (nSPS) is 10.5. The molecule has 0 unspecified atom stereocenters. The van der Waals surface area contributed by atoms with Crippen LogP contribution in [0.3, 0.4) is 0 Å². The molecule has 7 nitrogen and oxygen atoms in total. The van der Waals surface area contributed by atoms with Crippen molar-refractivity contribution in [2.24, 2.45) is 0 Å². The van der Waals surface area contributed by atoms with E-state index >= 15 is 0 Å². The third-order valence-electron chi connectivity index (χ3n) is 3.61. The predicted molar refractivity (Wildman–Crippen MR) is 91.6 cm³/mol. The fraction of sp³-hybridized carbons (Fsp3) is 0.111. The molecular weight excluding hydrogens is 326 g/mol. The second kappa shape index (κ2) is 6.56. The van der Waals surface area contributed by atoms with Crippen LogP contribution in [0.4, 0.5) is 5.69 Å². The molecule has 0 radical (unpaired) electrons. The third-order valence-corrected chi connectivity index (χ3v) is 3.61. The van der Waals surface area contributed by atoms with Crippen LogP contribution in [0.2, 0.25) is 0 Å². The molecule has 0 aliphatic heterocycles. The molecule has 0 aliphatic rings. The summed E-state index contributed by atoms with van der Waals surface area (Å²) >= 11 is 0. The van der Waals surface area contributed by atoms with Gasteiger partial charge in [0.25, 0.3) is 5.91 Å². The molecule has 1 aromatic heterocycles. The first-order valence-corrected chi connectivity index (χ1v) is 7.32. The van der Waals surface area contributed by atoms with E-state index in [9.17, 15) is 14.7 Å². The highest BCUT2D eigenvalue weighted by molar-refractivity contribution is 6.05. The Hall–Kier alpha value is -3.48. The number of ether oxygens (including phenoxy) is 2. The molecule has 1 amide bonds. The van der Waals surface area contributed by atoms with Gasteiger partial charge in [0.2, 0.25) is 0 Å². The van der Waals surface area contributed by atoms with Crippen LogP contribution in [0.15, 0.2) is 51.7 Å². The van der Waals surface area contributed by atoms with Crippen molar-refractivity contribution in [3.05, 3.63) is 58.4 Å². The molecule has 2 N–H and O–H groups in total. The van der Waals surface area contributed by atoms with Crippen molar-refractivity contribution >= 4 is 22.6 Å². The number of fused-ring (bicyclic) bond motifs is 1. The first kappa shape index (κ1) is 16.4. The molecule has 1 heterocycles. The van der Waals surface area contributed by atoms with Crippen LogP contribution in [0.25, 0.3) is 11.0 Å². The molecule has 0 atom stereocenters. The van der Waals surface area contributed by atoms with Crippen LogP contribution in [-0.4, -0.2) is 25.2 Å². The summed E-state index contributed by atoms with van der Waals surface area (Å²) in [6.45, 7) is 0. The van der Waals surface area contributed by atoms with Gasteiger partial charge in [0, 0.05) is 23.2 Å². The molecule has 0 spiro atoms. The minimum absolute atomic E-state index is 0.0295. The average molecular weight is 341 g/mol. The number of carbonyl (C=O) groups is 1. The van der Waals surface area contributed by atoms with Gasteiger partial charge in [-0.1, -0.05) is 0 Å². The van der Waals surface area contributed by atoms with E-state index in [1.54, 1.807) is 24.3 Å². The maximum Gasteiger partial charge on any atom is 0.349 e. The maximum atomic E-state index is 12.4. The monoisotopic (exact) mass is 341 g/mol. The Balaban J connectivity index is 1.93. The van der Waals surface area contributed by atoms with Gasteiger partial charge in [0.05, 0.1) is 14.2 Å². The Morgan fingerprint density at radius 1 is 1.04 bits per heavy atom. The van der Waals surface area contributed by atoms with Gasteiger partial charge in [-0.2, -0.15) is 0 Å². The van der Waals surface area contributed by atoms with Crippen LogP contribution >= 0.6 is 0 Å². The molecule has 3 aromatic rings. The molecule has 0 saturated heterocycles. The Morgan fingerprint density at radius 2 is 1.80 bits per heavy atom. The second-order valence-corrected chi connectivity index (χ2v) is 5.19. The number of hydrogen-bond acceptors (Lipinski definition) is 6. The van der Waals surface area contributed by atoms with Crippen LogP contribution in [0.5, 0.6) is 17.2 Å². The largest absolute Gasteiger partial charge is 0.508 e. The lowest BCUT2D eigenvalue weighted by Gasteiger charge is -2.10. The van der Waals surface area contributed by atoms with Gasteiger partial charge in [0.15, 0.2) is 11.5 Å². The van der Waals surface area contributed by atoms with E-state index in [1.165, 1.54) is 32.4 Å². The number of aromatic hydroxyl groups is 1. The highest BCUT2D eigenvalue weighted by Crippen LogP contribution is 2.30. The van der Waals surface area contributed by atoms with Gasteiger partial charge >= 0.3 is 5.63 Å². The van der Waals surface area contributed by atoms with Crippen molar-refractivity contribution in [2.45, 2.75) is 0 Å². The predicted octanol–water partition coefficient (Wildman–Crippen LogP) is 2.77. The topological polar surface area (TPSA) is 98.0 Å². The Morgan fingerprint density at radius 3 is 2.52 bits per heavy atom. The molecule has 128 valence electrons. The second-order valence-electron chi connectivity index (χ2n) is 5.19. The summed E-state index contributed by atoms with van der Waals surface area (Å²) in [5.41, 5.74) is -0.301. The molecule has 0 bridgehead atoms. The van der Waals surface area contributed by atoms with E-state index in [0.717, 1.165) is 0 Å². The number of methoxy groups -OCH3 is 2. The Bertz CT molecular complexity index is 1010. The van der Waals surface area contributed by atoms with E-state index in [4.69, 9.17) is 13.9 Å². The summed E-state index contributed by atoms with van der Waals surface area (Å²) in [7, 11) is 2.99. The lowest BCUT2D eigenvalue weighted by atomic mass is 10.1. The van der Waals surface area contributed by atoms with Gasteiger partial charge in [-0.15, -0.1) is 0 Å². The van der Waals surface area contributed by atoms with Crippen molar-refractivity contribution in [3.63, 3.8) is 0 Å². The molecule has 7 heteroatoms. The van der Waals surface area contributed by atoms with Crippen molar-refractivity contribution in [1.82, 2.24) is 0 Å². The number of rotatable bonds is 4. The fourth-order valence-corrected chi connectivity index (χ4v) is 2.37. The summed E-state index contributed by atoms with van der Waals surface area (Å²) in [5.74, 6) is 0.320. The van der Waals surface area contributed by atoms with Gasteiger partial charge in [-0.3, -0.25) is 4.79 Å². The highest BCUT2D eigenvalue weighted by atomic mass is 16.5. The molecule has 25 heavy (non-hydrogen) atoms. The van der Waals surface area contributed by atoms with E-state index in [1.807, 2.05) is 0 Å². The number of phenols is 1.